The number of ether oxygens (including phenoxy) is 1. The molecule has 1 atom stereocenters. The summed E-state index contributed by atoms with van der Waals surface area (Å²) >= 11 is 0. The van der Waals surface area contributed by atoms with E-state index in [0.717, 1.165) is 30.7 Å². The van der Waals surface area contributed by atoms with E-state index in [1.807, 2.05) is 29.2 Å². The van der Waals surface area contributed by atoms with Gasteiger partial charge in [0, 0.05) is 25.9 Å². The molecular weight excluding hydrogens is 326 g/mol. The SMILES string of the molecule is Cc1cccc(CNC(=O)N(Cc2ccccn2)CC2CCCO2)c1C. The van der Waals surface area contributed by atoms with Crippen molar-refractivity contribution in [2.45, 2.75) is 45.9 Å². The van der Waals surface area contributed by atoms with Crippen LogP contribution in [0.1, 0.15) is 35.2 Å². The van der Waals surface area contributed by atoms with Gasteiger partial charge in [0.15, 0.2) is 0 Å². The minimum absolute atomic E-state index is 0.0768. The second-order valence-electron chi connectivity index (χ2n) is 6.85. The average Bonchev–Trinajstić information content (AvgIpc) is 3.16. The molecule has 2 aromatic rings. The number of hydrogen-bond acceptors (Lipinski definition) is 3. The van der Waals surface area contributed by atoms with Gasteiger partial charge in [0.2, 0.25) is 0 Å². The van der Waals surface area contributed by atoms with E-state index in [2.05, 4.69) is 36.3 Å². The fourth-order valence-corrected chi connectivity index (χ4v) is 3.23. The predicted octanol–water partition coefficient (Wildman–Crippen LogP) is 3.59. The molecule has 0 aliphatic carbocycles. The molecule has 1 aliphatic heterocycles. The molecule has 1 saturated heterocycles. The molecule has 1 unspecified atom stereocenters. The standard InChI is InChI=1S/C21H27N3O2/c1-16-7-5-8-18(17(16)2)13-23-21(25)24(15-20-10-6-12-26-20)14-19-9-3-4-11-22-19/h3-5,7-9,11,20H,6,10,12-15H2,1-2H3,(H,23,25). The van der Waals surface area contributed by atoms with Crippen LogP contribution in [0, 0.1) is 13.8 Å². The van der Waals surface area contributed by atoms with E-state index >= 15 is 0 Å². The van der Waals surface area contributed by atoms with Crippen molar-refractivity contribution in [2.75, 3.05) is 13.2 Å². The molecule has 2 amide bonds. The monoisotopic (exact) mass is 353 g/mol. The van der Waals surface area contributed by atoms with Crippen LogP contribution in [0.4, 0.5) is 4.79 Å². The second-order valence-corrected chi connectivity index (χ2v) is 6.85. The lowest BCUT2D eigenvalue weighted by atomic mass is 10.0. The van der Waals surface area contributed by atoms with Gasteiger partial charge in [0.1, 0.15) is 0 Å². The van der Waals surface area contributed by atoms with Crippen LogP contribution in [0.15, 0.2) is 42.6 Å². The largest absolute Gasteiger partial charge is 0.376 e. The Morgan fingerprint density at radius 1 is 1.27 bits per heavy atom. The van der Waals surface area contributed by atoms with Crippen LogP contribution < -0.4 is 5.32 Å². The van der Waals surface area contributed by atoms with Crippen LogP contribution in [-0.4, -0.2) is 35.2 Å². The lowest BCUT2D eigenvalue weighted by Crippen LogP contribution is -2.43. The molecule has 0 spiro atoms. The van der Waals surface area contributed by atoms with E-state index in [1.54, 1.807) is 6.20 Å². The zero-order chi connectivity index (χ0) is 18.4. The van der Waals surface area contributed by atoms with Crippen LogP contribution in [-0.2, 0) is 17.8 Å². The smallest absolute Gasteiger partial charge is 0.318 e. The van der Waals surface area contributed by atoms with Crippen LogP contribution in [0.25, 0.3) is 0 Å². The molecule has 26 heavy (non-hydrogen) atoms. The summed E-state index contributed by atoms with van der Waals surface area (Å²) in [6.45, 7) is 6.57. The average molecular weight is 353 g/mol. The van der Waals surface area contributed by atoms with Crippen LogP contribution in [0.2, 0.25) is 0 Å². The Morgan fingerprint density at radius 2 is 2.15 bits per heavy atom. The third kappa shape index (κ3) is 4.82. The normalized spacial score (nSPS) is 16.5. The zero-order valence-corrected chi connectivity index (χ0v) is 15.6. The third-order valence-corrected chi connectivity index (χ3v) is 4.96. The minimum Gasteiger partial charge on any atom is -0.376 e. The van der Waals surface area contributed by atoms with E-state index in [9.17, 15) is 4.79 Å². The van der Waals surface area contributed by atoms with Crippen molar-refractivity contribution >= 4 is 6.03 Å². The maximum absolute atomic E-state index is 12.8. The highest BCUT2D eigenvalue weighted by Crippen LogP contribution is 2.16. The number of carbonyl (C=O) groups is 1. The molecule has 2 heterocycles. The molecule has 3 rings (SSSR count). The molecule has 1 aromatic heterocycles. The van der Waals surface area contributed by atoms with Gasteiger partial charge in [0.25, 0.3) is 0 Å². The molecule has 1 N–H and O–H groups in total. The van der Waals surface area contributed by atoms with Crippen molar-refractivity contribution in [3.8, 4) is 0 Å². The zero-order valence-electron chi connectivity index (χ0n) is 15.6. The summed E-state index contributed by atoms with van der Waals surface area (Å²) in [5, 5.41) is 3.06. The summed E-state index contributed by atoms with van der Waals surface area (Å²) in [5.74, 6) is 0. The first-order chi connectivity index (χ1) is 12.6. The second kappa shape index (κ2) is 8.81. The lowest BCUT2D eigenvalue weighted by molar-refractivity contribution is 0.0791. The van der Waals surface area contributed by atoms with Crippen molar-refractivity contribution < 1.29 is 9.53 Å². The summed E-state index contributed by atoms with van der Waals surface area (Å²) in [6.07, 6.45) is 3.94. The molecule has 138 valence electrons. The van der Waals surface area contributed by atoms with E-state index in [4.69, 9.17) is 4.74 Å². The maximum Gasteiger partial charge on any atom is 0.318 e. The number of aryl methyl sites for hydroxylation is 1. The third-order valence-electron chi connectivity index (χ3n) is 4.96. The van der Waals surface area contributed by atoms with Crippen molar-refractivity contribution in [1.29, 1.82) is 0 Å². The minimum atomic E-state index is -0.0768. The molecular formula is C21H27N3O2. The van der Waals surface area contributed by atoms with E-state index < -0.39 is 0 Å². The number of rotatable bonds is 6. The fourth-order valence-electron chi connectivity index (χ4n) is 3.23. The summed E-state index contributed by atoms with van der Waals surface area (Å²) < 4.78 is 5.73. The molecule has 5 nitrogen and oxygen atoms in total. The van der Waals surface area contributed by atoms with Gasteiger partial charge in [-0.05, 0) is 55.5 Å². The van der Waals surface area contributed by atoms with Gasteiger partial charge in [-0.2, -0.15) is 0 Å². The molecule has 1 fully saturated rings. The number of hydrogen-bond donors (Lipinski definition) is 1. The van der Waals surface area contributed by atoms with Gasteiger partial charge < -0.3 is 15.0 Å². The number of amides is 2. The summed E-state index contributed by atoms with van der Waals surface area (Å²) in [6, 6.07) is 11.9. The van der Waals surface area contributed by atoms with Gasteiger partial charge in [-0.3, -0.25) is 4.98 Å². The quantitative estimate of drug-likeness (QED) is 0.863. The Labute approximate surface area is 155 Å². The number of nitrogens with zero attached hydrogens (tertiary/aromatic N) is 2. The molecule has 0 radical (unpaired) electrons. The summed E-state index contributed by atoms with van der Waals surface area (Å²) in [5.41, 5.74) is 4.49. The Bertz CT molecular complexity index is 727. The van der Waals surface area contributed by atoms with E-state index in [0.29, 0.717) is 19.6 Å². The van der Waals surface area contributed by atoms with Gasteiger partial charge in [-0.15, -0.1) is 0 Å². The lowest BCUT2D eigenvalue weighted by Gasteiger charge is -2.25. The Hall–Kier alpha value is -2.40. The Morgan fingerprint density at radius 3 is 2.88 bits per heavy atom. The number of benzene rings is 1. The van der Waals surface area contributed by atoms with Crippen LogP contribution >= 0.6 is 0 Å². The first-order valence-corrected chi connectivity index (χ1v) is 9.23. The Kier molecular flexibility index (Phi) is 6.23. The maximum atomic E-state index is 12.8. The number of urea groups is 1. The van der Waals surface area contributed by atoms with Crippen molar-refractivity contribution in [3.63, 3.8) is 0 Å². The van der Waals surface area contributed by atoms with Crippen LogP contribution in [0.5, 0.6) is 0 Å². The van der Waals surface area contributed by atoms with Crippen molar-refractivity contribution in [1.82, 2.24) is 15.2 Å². The fraction of sp³-hybridized carbons (Fsp3) is 0.429. The summed E-state index contributed by atoms with van der Waals surface area (Å²) in [7, 11) is 0. The highest BCUT2D eigenvalue weighted by Gasteiger charge is 2.23. The molecule has 5 heteroatoms. The van der Waals surface area contributed by atoms with Crippen molar-refractivity contribution in [2.24, 2.45) is 0 Å². The number of pyridine rings is 1. The van der Waals surface area contributed by atoms with Gasteiger partial charge in [0.05, 0.1) is 18.3 Å². The first-order valence-electron chi connectivity index (χ1n) is 9.23. The van der Waals surface area contributed by atoms with Gasteiger partial charge >= 0.3 is 6.03 Å². The van der Waals surface area contributed by atoms with E-state index in [1.165, 1.54) is 11.1 Å². The molecule has 0 bridgehead atoms. The highest BCUT2D eigenvalue weighted by atomic mass is 16.5. The predicted molar refractivity (Wildman–Crippen MR) is 102 cm³/mol. The number of carbonyl (C=O) groups excluding carboxylic acids is 1. The number of nitrogens with one attached hydrogen (secondary N) is 1. The van der Waals surface area contributed by atoms with Gasteiger partial charge in [-0.25, -0.2) is 4.79 Å². The first kappa shape index (κ1) is 18.4. The summed E-state index contributed by atoms with van der Waals surface area (Å²) in [4.78, 5) is 19.0. The molecule has 0 saturated carbocycles. The molecule has 1 aliphatic rings. The van der Waals surface area contributed by atoms with E-state index in [-0.39, 0.29) is 12.1 Å². The topological polar surface area (TPSA) is 54.5 Å². The molecule has 1 aromatic carbocycles. The van der Waals surface area contributed by atoms with Crippen LogP contribution in [0.3, 0.4) is 0 Å². The Balaban J connectivity index is 1.66. The number of aromatic nitrogens is 1. The highest BCUT2D eigenvalue weighted by molar-refractivity contribution is 5.74. The van der Waals surface area contributed by atoms with Gasteiger partial charge in [-0.1, -0.05) is 24.3 Å². The van der Waals surface area contributed by atoms with Crippen molar-refractivity contribution in [3.05, 3.63) is 65.0 Å².